The molecule has 1 aliphatic carbocycles. The molecule has 1 heterocycles. The van der Waals surface area contributed by atoms with Crippen LogP contribution in [0.1, 0.15) is 38.5 Å². The van der Waals surface area contributed by atoms with Crippen LogP contribution in [0.5, 0.6) is 0 Å². The van der Waals surface area contributed by atoms with E-state index in [0.29, 0.717) is 11.7 Å². The molecular formula is C11H18N4OS. The van der Waals surface area contributed by atoms with Gasteiger partial charge < -0.3 is 11.1 Å². The van der Waals surface area contributed by atoms with Crippen LogP contribution in [-0.4, -0.2) is 22.6 Å². The van der Waals surface area contributed by atoms with Crippen LogP contribution in [0.15, 0.2) is 5.51 Å². The Labute approximate surface area is 105 Å². The molecule has 0 aliphatic heterocycles. The summed E-state index contributed by atoms with van der Waals surface area (Å²) in [4.78, 5) is 12.3. The van der Waals surface area contributed by atoms with Gasteiger partial charge in [0.05, 0.1) is 5.41 Å². The summed E-state index contributed by atoms with van der Waals surface area (Å²) in [7, 11) is 0. The molecule has 1 aromatic rings. The van der Waals surface area contributed by atoms with Crippen molar-refractivity contribution in [2.45, 2.75) is 38.5 Å². The largest absolute Gasteiger partial charge is 0.329 e. The van der Waals surface area contributed by atoms with Crippen LogP contribution in [-0.2, 0) is 4.79 Å². The smallest absolute Gasteiger partial charge is 0.233 e. The zero-order valence-corrected chi connectivity index (χ0v) is 10.6. The molecule has 0 saturated heterocycles. The van der Waals surface area contributed by atoms with E-state index in [9.17, 15) is 4.79 Å². The molecule has 0 bridgehead atoms. The normalized spacial score (nSPS) is 19.6. The molecule has 0 aromatic carbocycles. The number of hydrogen-bond acceptors (Lipinski definition) is 5. The number of anilines is 1. The van der Waals surface area contributed by atoms with Gasteiger partial charge in [-0.3, -0.25) is 4.79 Å². The fourth-order valence-electron chi connectivity index (χ4n) is 2.39. The van der Waals surface area contributed by atoms with Gasteiger partial charge in [-0.1, -0.05) is 37.0 Å². The van der Waals surface area contributed by atoms with Gasteiger partial charge in [0.2, 0.25) is 11.0 Å². The molecule has 94 valence electrons. The van der Waals surface area contributed by atoms with Crippen molar-refractivity contribution >= 4 is 22.4 Å². The van der Waals surface area contributed by atoms with Gasteiger partial charge in [0, 0.05) is 6.54 Å². The minimum atomic E-state index is -0.401. The molecule has 17 heavy (non-hydrogen) atoms. The number of rotatable bonds is 3. The van der Waals surface area contributed by atoms with Gasteiger partial charge in [0.15, 0.2) is 0 Å². The molecule has 2 rings (SSSR count). The van der Waals surface area contributed by atoms with E-state index in [2.05, 4.69) is 15.5 Å². The second-order valence-corrected chi connectivity index (χ2v) is 5.43. The van der Waals surface area contributed by atoms with Gasteiger partial charge in [0.25, 0.3) is 0 Å². The standard InChI is InChI=1S/C11H18N4OS/c12-7-11(5-3-1-2-4-6-11)9(16)14-10-15-13-8-17-10/h8H,1-7,12H2,(H,14,15,16). The third-order valence-electron chi connectivity index (χ3n) is 3.51. The molecule has 0 unspecified atom stereocenters. The highest BCUT2D eigenvalue weighted by molar-refractivity contribution is 7.13. The summed E-state index contributed by atoms with van der Waals surface area (Å²) in [6.07, 6.45) is 6.34. The molecule has 6 heteroatoms. The first kappa shape index (κ1) is 12.4. The lowest BCUT2D eigenvalue weighted by atomic mass is 9.79. The van der Waals surface area contributed by atoms with E-state index in [-0.39, 0.29) is 5.91 Å². The van der Waals surface area contributed by atoms with Crippen LogP contribution < -0.4 is 11.1 Å². The molecule has 0 radical (unpaired) electrons. The number of nitrogens with one attached hydrogen (secondary N) is 1. The van der Waals surface area contributed by atoms with Crippen molar-refractivity contribution in [2.24, 2.45) is 11.1 Å². The lowest BCUT2D eigenvalue weighted by Crippen LogP contribution is -2.42. The highest BCUT2D eigenvalue weighted by Crippen LogP contribution is 2.35. The molecule has 0 atom stereocenters. The molecule has 0 spiro atoms. The molecule has 1 aliphatic rings. The molecule has 1 fully saturated rings. The SMILES string of the molecule is NCC1(C(=O)Nc2nncs2)CCCCCC1. The van der Waals surface area contributed by atoms with E-state index in [0.717, 1.165) is 25.7 Å². The maximum Gasteiger partial charge on any atom is 0.233 e. The second kappa shape index (κ2) is 5.55. The Morgan fingerprint density at radius 1 is 1.41 bits per heavy atom. The number of carbonyl (C=O) groups excluding carboxylic acids is 1. The van der Waals surface area contributed by atoms with Crippen LogP contribution in [0.4, 0.5) is 5.13 Å². The zero-order valence-electron chi connectivity index (χ0n) is 9.82. The lowest BCUT2D eigenvalue weighted by Gasteiger charge is -2.29. The van der Waals surface area contributed by atoms with E-state index in [1.807, 2.05) is 0 Å². The van der Waals surface area contributed by atoms with Gasteiger partial charge in [-0.05, 0) is 12.8 Å². The van der Waals surface area contributed by atoms with Crippen LogP contribution in [0, 0.1) is 5.41 Å². The number of nitrogens with two attached hydrogens (primary N) is 1. The first-order valence-corrected chi connectivity index (χ1v) is 6.92. The average molecular weight is 254 g/mol. The number of nitrogens with zero attached hydrogens (tertiary/aromatic N) is 2. The van der Waals surface area contributed by atoms with Crippen molar-refractivity contribution < 1.29 is 4.79 Å². The highest BCUT2D eigenvalue weighted by Gasteiger charge is 2.37. The number of aromatic nitrogens is 2. The van der Waals surface area contributed by atoms with Gasteiger partial charge in [-0.2, -0.15) is 0 Å². The summed E-state index contributed by atoms with van der Waals surface area (Å²) >= 11 is 1.33. The average Bonchev–Trinajstić information content (AvgIpc) is 2.72. The van der Waals surface area contributed by atoms with Crippen molar-refractivity contribution in [1.29, 1.82) is 0 Å². The van der Waals surface area contributed by atoms with Crippen LogP contribution >= 0.6 is 11.3 Å². The number of hydrogen-bond donors (Lipinski definition) is 2. The Morgan fingerprint density at radius 3 is 2.65 bits per heavy atom. The Morgan fingerprint density at radius 2 is 2.12 bits per heavy atom. The zero-order chi connectivity index (χ0) is 12.1. The maximum absolute atomic E-state index is 12.3. The van der Waals surface area contributed by atoms with E-state index < -0.39 is 5.41 Å². The summed E-state index contributed by atoms with van der Waals surface area (Å²) in [5.74, 6) is 0.0126. The molecule has 5 nitrogen and oxygen atoms in total. The fourth-order valence-corrected chi connectivity index (χ4v) is 2.83. The van der Waals surface area contributed by atoms with E-state index >= 15 is 0 Å². The monoisotopic (exact) mass is 254 g/mol. The van der Waals surface area contributed by atoms with Crippen molar-refractivity contribution in [1.82, 2.24) is 10.2 Å². The third kappa shape index (κ3) is 2.81. The fraction of sp³-hybridized carbons (Fsp3) is 0.727. The Balaban J connectivity index is 2.07. The van der Waals surface area contributed by atoms with Gasteiger partial charge in [-0.25, -0.2) is 0 Å². The Hall–Kier alpha value is -1.01. The first-order valence-electron chi connectivity index (χ1n) is 6.04. The summed E-state index contributed by atoms with van der Waals surface area (Å²) in [6, 6.07) is 0. The van der Waals surface area contributed by atoms with Crippen molar-refractivity contribution in [2.75, 3.05) is 11.9 Å². The summed E-state index contributed by atoms with van der Waals surface area (Å²) in [5.41, 5.74) is 7.05. The second-order valence-electron chi connectivity index (χ2n) is 4.60. The van der Waals surface area contributed by atoms with Gasteiger partial charge in [-0.15, -0.1) is 10.2 Å². The van der Waals surface area contributed by atoms with Crippen molar-refractivity contribution in [3.05, 3.63) is 5.51 Å². The summed E-state index contributed by atoms with van der Waals surface area (Å²) in [5, 5.41) is 10.9. The summed E-state index contributed by atoms with van der Waals surface area (Å²) in [6.45, 7) is 0.414. The molecule has 1 aromatic heterocycles. The lowest BCUT2D eigenvalue weighted by molar-refractivity contribution is -0.125. The summed E-state index contributed by atoms with van der Waals surface area (Å²) < 4.78 is 0. The minimum Gasteiger partial charge on any atom is -0.329 e. The van der Waals surface area contributed by atoms with Crippen molar-refractivity contribution in [3.8, 4) is 0 Å². The highest BCUT2D eigenvalue weighted by atomic mass is 32.1. The quantitative estimate of drug-likeness (QED) is 0.806. The Kier molecular flexibility index (Phi) is 4.06. The van der Waals surface area contributed by atoms with Crippen LogP contribution in [0.3, 0.4) is 0 Å². The topological polar surface area (TPSA) is 80.9 Å². The number of amides is 1. The predicted molar refractivity (Wildman–Crippen MR) is 67.7 cm³/mol. The predicted octanol–water partition coefficient (Wildman–Crippen LogP) is 1.78. The molecule has 3 N–H and O–H groups in total. The Bertz CT molecular complexity index is 358. The third-order valence-corrected chi connectivity index (χ3v) is 4.12. The van der Waals surface area contributed by atoms with Gasteiger partial charge in [0.1, 0.15) is 5.51 Å². The molecule has 1 amide bonds. The van der Waals surface area contributed by atoms with Crippen LogP contribution in [0.2, 0.25) is 0 Å². The van der Waals surface area contributed by atoms with Crippen molar-refractivity contribution in [3.63, 3.8) is 0 Å². The maximum atomic E-state index is 12.3. The van der Waals surface area contributed by atoms with E-state index in [1.54, 1.807) is 5.51 Å². The first-order chi connectivity index (χ1) is 8.27. The van der Waals surface area contributed by atoms with Crippen LogP contribution in [0.25, 0.3) is 0 Å². The van der Waals surface area contributed by atoms with E-state index in [4.69, 9.17) is 5.73 Å². The molecular weight excluding hydrogens is 236 g/mol. The molecule has 1 saturated carbocycles. The minimum absolute atomic E-state index is 0.0126. The number of carbonyl (C=O) groups is 1. The van der Waals surface area contributed by atoms with Gasteiger partial charge >= 0.3 is 0 Å². The van der Waals surface area contributed by atoms with E-state index in [1.165, 1.54) is 24.2 Å².